The van der Waals surface area contributed by atoms with Crippen molar-refractivity contribution in [2.45, 2.75) is 46.7 Å². The number of esters is 1. The van der Waals surface area contributed by atoms with Crippen LogP contribution in [0, 0.1) is 0 Å². The summed E-state index contributed by atoms with van der Waals surface area (Å²) in [5.41, 5.74) is 0.335. The average molecular weight is 402 g/mol. The zero-order valence-electron chi connectivity index (χ0n) is 16.0. The van der Waals surface area contributed by atoms with Crippen LogP contribution in [0.5, 0.6) is 0 Å². The molecule has 1 heterocycles. The Morgan fingerprint density at radius 3 is 2.07 bits per heavy atom. The summed E-state index contributed by atoms with van der Waals surface area (Å²) in [6, 6.07) is 6.82. The van der Waals surface area contributed by atoms with Crippen LogP contribution >= 0.6 is 11.6 Å². The van der Waals surface area contributed by atoms with Crippen molar-refractivity contribution in [1.29, 1.82) is 0 Å². The lowest BCUT2D eigenvalue weighted by Crippen LogP contribution is -2.18. The number of aromatic nitrogens is 1. The minimum absolute atomic E-state index is 0.0966. The Balaban J connectivity index is 0.00000176. The molecule has 0 radical (unpaired) electrons. The first-order chi connectivity index (χ1) is 12.7. The molecule has 0 atom stereocenters. The van der Waals surface area contributed by atoms with Gasteiger partial charge in [-0.25, -0.2) is 9.78 Å². The molecular formula is C20H23ClF3NO2. The van der Waals surface area contributed by atoms with Crippen LogP contribution in [0.2, 0.25) is 5.02 Å². The Morgan fingerprint density at radius 1 is 1.15 bits per heavy atom. The highest BCUT2D eigenvalue weighted by molar-refractivity contribution is 6.34. The molecule has 7 heteroatoms. The fourth-order valence-electron chi connectivity index (χ4n) is 2.71. The Kier molecular flexibility index (Phi) is 8.28. The van der Waals surface area contributed by atoms with Gasteiger partial charge in [-0.05, 0) is 30.0 Å². The molecule has 0 aliphatic rings. The van der Waals surface area contributed by atoms with Crippen molar-refractivity contribution in [3.05, 3.63) is 51.7 Å². The summed E-state index contributed by atoms with van der Waals surface area (Å²) in [5.74, 6) is -1.17. The van der Waals surface area contributed by atoms with Crippen LogP contribution in [0.4, 0.5) is 13.2 Å². The number of hydrogen-bond donors (Lipinski definition) is 0. The van der Waals surface area contributed by atoms with Gasteiger partial charge < -0.3 is 4.74 Å². The van der Waals surface area contributed by atoms with E-state index < -0.39 is 23.4 Å². The number of aryl methyl sites for hydroxylation is 2. The minimum Gasteiger partial charge on any atom is -0.465 e. The Labute approximate surface area is 162 Å². The summed E-state index contributed by atoms with van der Waals surface area (Å²) in [6.45, 7) is 7.82. The van der Waals surface area contributed by atoms with Crippen LogP contribution in [-0.2, 0) is 23.8 Å². The quantitative estimate of drug-likeness (QED) is 0.559. The van der Waals surface area contributed by atoms with Crippen molar-refractivity contribution in [3.8, 4) is 11.3 Å². The van der Waals surface area contributed by atoms with E-state index in [-0.39, 0.29) is 10.7 Å². The van der Waals surface area contributed by atoms with E-state index in [9.17, 15) is 18.0 Å². The van der Waals surface area contributed by atoms with Gasteiger partial charge in [0.2, 0.25) is 0 Å². The molecule has 0 saturated heterocycles. The molecule has 1 aromatic heterocycles. The number of nitrogens with zero attached hydrogens (tertiary/aromatic N) is 1. The molecule has 148 valence electrons. The van der Waals surface area contributed by atoms with E-state index in [4.69, 9.17) is 11.6 Å². The second-order valence-electron chi connectivity index (χ2n) is 5.36. The molecule has 2 aromatic rings. The fourth-order valence-corrected chi connectivity index (χ4v) is 2.98. The summed E-state index contributed by atoms with van der Waals surface area (Å²) in [6.07, 6.45) is -3.58. The maximum atomic E-state index is 13.5. The first kappa shape index (κ1) is 23.0. The van der Waals surface area contributed by atoms with Gasteiger partial charge in [-0.3, -0.25) is 0 Å². The monoisotopic (exact) mass is 401 g/mol. The molecule has 27 heavy (non-hydrogen) atoms. The number of carbonyl (C=O) groups is 1. The van der Waals surface area contributed by atoms with Crippen molar-refractivity contribution >= 4 is 17.6 Å². The molecule has 3 nitrogen and oxygen atoms in total. The zero-order chi connectivity index (χ0) is 20.8. The Bertz CT molecular complexity index is 782. The molecule has 0 aliphatic heterocycles. The van der Waals surface area contributed by atoms with Crippen LogP contribution in [0.25, 0.3) is 11.3 Å². The number of rotatable bonds is 4. The fraction of sp³-hybridized carbons (Fsp3) is 0.400. The third-order valence-electron chi connectivity index (χ3n) is 3.88. The van der Waals surface area contributed by atoms with Gasteiger partial charge in [0, 0.05) is 5.56 Å². The van der Waals surface area contributed by atoms with Gasteiger partial charge in [0.25, 0.3) is 0 Å². The SMILES string of the molecule is CC.CCc1cccc(CC)c1-c1cc(Cl)c(C(=O)OC)c(C(F)(F)F)n1. The van der Waals surface area contributed by atoms with Crippen molar-refractivity contribution in [2.24, 2.45) is 0 Å². The van der Waals surface area contributed by atoms with Crippen LogP contribution < -0.4 is 0 Å². The number of benzene rings is 1. The summed E-state index contributed by atoms with van der Waals surface area (Å²) in [5, 5.41) is -0.336. The van der Waals surface area contributed by atoms with E-state index in [1.807, 2.05) is 45.9 Å². The first-order valence-electron chi connectivity index (χ1n) is 8.71. The van der Waals surface area contributed by atoms with Gasteiger partial charge in [-0.2, -0.15) is 13.2 Å². The third kappa shape index (κ3) is 5.01. The summed E-state index contributed by atoms with van der Waals surface area (Å²) in [4.78, 5) is 15.5. The molecule has 0 aliphatic carbocycles. The number of halogens is 4. The lowest BCUT2D eigenvalue weighted by molar-refractivity contribution is -0.141. The van der Waals surface area contributed by atoms with Crippen LogP contribution in [0.1, 0.15) is 54.9 Å². The van der Waals surface area contributed by atoms with Gasteiger partial charge in [-0.1, -0.05) is 57.5 Å². The zero-order valence-corrected chi connectivity index (χ0v) is 16.8. The highest BCUT2D eigenvalue weighted by Gasteiger charge is 2.39. The molecular weight excluding hydrogens is 379 g/mol. The van der Waals surface area contributed by atoms with Crippen molar-refractivity contribution in [2.75, 3.05) is 7.11 Å². The molecule has 0 unspecified atom stereocenters. The second-order valence-corrected chi connectivity index (χ2v) is 5.77. The maximum absolute atomic E-state index is 13.5. The normalized spacial score (nSPS) is 10.9. The smallest absolute Gasteiger partial charge is 0.434 e. The minimum atomic E-state index is -4.84. The largest absolute Gasteiger partial charge is 0.465 e. The second kappa shape index (κ2) is 9.74. The van der Waals surface area contributed by atoms with E-state index in [0.717, 1.165) is 18.2 Å². The molecule has 0 amide bonds. The van der Waals surface area contributed by atoms with Gasteiger partial charge >= 0.3 is 12.1 Å². The lowest BCUT2D eigenvalue weighted by Gasteiger charge is -2.17. The average Bonchev–Trinajstić information content (AvgIpc) is 2.66. The van der Waals surface area contributed by atoms with E-state index in [0.29, 0.717) is 18.4 Å². The molecule has 0 N–H and O–H groups in total. The van der Waals surface area contributed by atoms with Crippen molar-refractivity contribution in [1.82, 2.24) is 4.98 Å². The summed E-state index contributed by atoms with van der Waals surface area (Å²) in [7, 11) is 0.994. The van der Waals surface area contributed by atoms with Gasteiger partial charge in [0.1, 0.15) is 5.56 Å². The first-order valence-corrected chi connectivity index (χ1v) is 9.09. The number of ether oxygens (including phenoxy) is 1. The van der Waals surface area contributed by atoms with Crippen LogP contribution in [0.3, 0.4) is 0 Å². The summed E-state index contributed by atoms with van der Waals surface area (Å²) < 4.78 is 44.8. The topological polar surface area (TPSA) is 39.2 Å². The maximum Gasteiger partial charge on any atom is 0.434 e. The predicted molar refractivity (Wildman–Crippen MR) is 101 cm³/mol. The van der Waals surface area contributed by atoms with E-state index >= 15 is 0 Å². The van der Waals surface area contributed by atoms with Gasteiger partial charge in [0.15, 0.2) is 5.69 Å². The Morgan fingerprint density at radius 2 is 1.67 bits per heavy atom. The number of pyridine rings is 1. The Hall–Kier alpha value is -2.08. The highest BCUT2D eigenvalue weighted by Crippen LogP contribution is 2.38. The van der Waals surface area contributed by atoms with E-state index in [1.54, 1.807) is 0 Å². The van der Waals surface area contributed by atoms with E-state index in [1.165, 1.54) is 6.07 Å². The molecule has 0 bridgehead atoms. The third-order valence-corrected chi connectivity index (χ3v) is 4.18. The number of carbonyl (C=O) groups excluding carboxylic acids is 1. The summed E-state index contributed by atoms with van der Waals surface area (Å²) >= 11 is 6.01. The van der Waals surface area contributed by atoms with Crippen molar-refractivity contribution in [3.63, 3.8) is 0 Å². The van der Waals surface area contributed by atoms with E-state index in [2.05, 4.69) is 9.72 Å². The number of hydrogen-bond acceptors (Lipinski definition) is 3. The standard InChI is InChI=1S/C18H17ClF3NO2.C2H6/c1-4-10-7-6-8-11(5-2)14(10)13-9-12(19)15(17(24)25-3)16(23-13)18(20,21)22;1-2/h6-9H,4-5H2,1-3H3;1-2H3. The molecule has 0 saturated carbocycles. The molecule has 1 aromatic carbocycles. The number of methoxy groups -OCH3 is 1. The molecule has 0 fully saturated rings. The predicted octanol–water partition coefficient (Wildman–Crippen LogP) is 6.36. The van der Waals surface area contributed by atoms with Crippen molar-refractivity contribution < 1.29 is 22.7 Å². The van der Waals surface area contributed by atoms with Crippen LogP contribution in [-0.4, -0.2) is 18.1 Å². The lowest BCUT2D eigenvalue weighted by atomic mass is 9.94. The molecule has 0 spiro atoms. The highest BCUT2D eigenvalue weighted by atomic mass is 35.5. The number of alkyl halides is 3. The van der Waals surface area contributed by atoms with Crippen LogP contribution in [0.15, 0.2) is 24.3 Å². The van der Waals surface area contributed by atoms with Gasteiger partial charge in [-0.15, -0.1) is 0 Å². The van der Waals surface area contributed by atoms with Gasteiger partial charge in [0.05, 0.1) is 17.8 Å². The molecule has 2 rings (SSSR count).